The molecule has 2 unspecified atom stereocenters. The summed E-state index contributed by atoms with van der Waals surface area (Å²) in [5, 5.41) is 14.0. The molecule has 0 spiro atoms. The number of anilines is 1. The number of likely N-dealkylation sites (tertiary alicyclic amines) is 1. The zero-order chi connectivity index (χ0) is 15.2. The van der Waals surface area contributed by atoms with Crippen molar-refractivity contribution in [3.05, 3.63) is 66.2 Å². The number of hydrogen-bond donors (Lipinski definition) is 2. The summed E-state index contributed by atoms with van der Waals surface area (Å²) in [6.07, 6.45) is 1.95. The number of hydrogen-bond acceptors (Lipinski definition) is 3. The first-order chi connectivity index (χ1) is 10.8. The lowest BCUT2D eigenvalue weighted by Crippen LogP contribution is -2.43. The first-order valence-corrected chi connectivity index (χ1v) is 8.08. The molecule has 0 amide bonds. The highest BCUT2D eigenvalue weighted by atomic mass is 16.3. The Hall–Kier alpha value is -1.84. The molecule has 0 radical (unpaired) electrons. The van der Waals surface area contributed by atoms with Gasteiger partial charge in [0.1, 0.15) is 0 Å². The van der Waals surface area contributed by atoms with Gasteiger partial charge >= 0.3 is 0 Å². The average molecular weight is 296 g/mol. The van der Waals surface area contributed by atoms with Gasteiger partial charge in [-0.3, -0.25) is 4.90 Å². The molecular weight excluding hydrogens is 272 g/mol. The van der Waals surface area contributed by atoms with Crippen LogP contribution in [0, 0.1) is 0 Å². The summed E-state index contributed by atoms with van der Waals surface area (Å²) in [5.41, 5.74) is 2.18. The Labute approximate surface area is 132 Å². The normalized spacial score (nSPS) is 20.5. The number of aliphatic hydroxyl groups is 1. The summed E-state index contributed by atoms with van der Waals surface area (Å²) in [7, 11) is 0. The number of aliphatic hydroxyl groups excluding tert-OH is 1. The van der Waals surface area contributed by atoms with Crippen LogP contribution in [0.5, 0.6) is 0 Å². The van der Waals surface area contributed by atoms with E-state index in [-0.39, 0.29) is 0 Å². The van der Waals surface area contributed by atoms with E-state index in [0.717, 1.165) is 18.7 Å². The van der Waals surface area contributed by atoms with Gasteiger partial charge in [0.2, 0.25) is 0 Å². The molecule has 0 bridgehead atoms. The van der Waals surface area contributed by atoms with Gasteiger partial charge < -0.3 is 10.4 Å². The molecule has 3 rings (SSSR count). The number of piperidine rings is 1. The first-order valence-electron chi connectivity index (χ1n) is 8.08. The Morgan fingerprint density at radius 3 is 2.45 bits per heavy atom. The Balaban J connectivity index is 1.54. The van der Waals surface area contributed by atoms with E-state index in [1.54, 1.807) is 0 Å². The van der Waals surface area contributed by atoms with E-state index >= 15 is 0 Å². The van der Waals surface area contributed by atoms with Crippen LogP contribution in [0.4, 0.5) is 5.69 Å². The highest BCUT2D eigenvalue weighted by molar-refractivity contribution is 5.43. The molecule has 1 saturated heterocycles. The van der Waals surface area contributed by atoms with E-state index in [1.165, 1.54) is 18.5 Å². The molecule has 22 heavy (non-hydrogen) atoms. The fourth-order valence-corrected chi connectivity index (χ4v) is 3.13. The van der Waals surface area contributed by atoms with Crippen LogP contribution < -0.4 is 5.32 Å². The van der Waals surface area contributed by atoms with Crippen molar-refractivity contribution < 1.29 is 5.11 Å². The monoisotopic (exact) mass is 296 g/mol. The van der Waals surface area contributed by atoms with Crippen LogP contribution in [-0.4, -0.2) is 35.7 Å². The molecule has 116 valence electrons. The van der Waals surface area contributed by atoms with Crippen molar-refractivity contribution in [1.82, 2.24) is 4.90 Å². The highest BCUT2D eigenvalue weighted by Gasteiger charge is 2.22. The molecule has 2 atom stereocenters. The number of β-amino-alcohol motifs (C(OH)–C–C–N with tert-alkyl or cyclic N) is 1. The standard InChI is InChI=1S/C19H24N2O/c22-19(16-8-3-1-4-9-16)15-21-13-7-12-18(14-21)20-17-10-5-2-6-11-17/h1-6,8-11,18-20,22H,7,12-15H2. The van der Waals surface area contributed by atoms with Crippen molar-refractivity contribution in [3.8, 4) is 0 Å². The molecule has 0 aliphatic carbocycles. The van der Waals surface area contributed by atoms with Crippen LogP contribution >= 0.6 is 0 Å². The zero-order valence-corrected chi connectivity index (χ0v) is 12.9. The molecule has 0 saturated carbocycles. The van der Waals surface area contributed by atoms with Crippen LogP contribution in [0.15, 0.2) is 60.7 Å². The van der Waals surface area contributed by atoms with Crippen molar-refractivity contribution in [3.63, 3.8) is 0 Å². The SMILES string of the molecule is OC(CN1CCCC(Nc2ccccc2)C1)c1ccccc1. The maximum Gasteiger partial charge on any atom is 0.0916 e. The summed E-state index contributed by atoms with van der Waals surface area (Å²) < 4.78 is 0. The molecule has 1 fully saturated rings. The Bertz CT molecular complexity index is 558. The predicted molar refractivity (Wildman–Crippen MR) is 90.9 cm³/mol. The predicted octanol–water partition coefficient (Wildman–Crippen LogP) is 3.30. The fraction of sp³-hybridized carbons (Fsp3) is 0.368. The van der Waals surface area contributed by atoms with Crippen LogP contribution in [0.25, 0.3) is 0 Å². The van der Waals surface area contributed by atoms with Gasteiger partial charge in [0, 0.05) is 24.8 Å². The van der Waals surface area contributed by atoms with Crippen LogP contribution in [-0.2, 0) is 0 Å². The molecule has 3 nitrogen and oxygen atoms in total. The molecule has 3 heteroatoms. The van der Waals surface area contributed by atoms with Crippen molar-refractivity contribution >= 4 is 5.69 Å². The van der Waals surface area contributed by atoms with E-state index in [9.17, 15) is 5.11 Å². The van der Waals surface area contributed by atoms with Gasteiger partial charge in [-0.25, -0.2) is 0 Å². The summed E-state index contributed by atoms with van der Waals surface area (Å²) in [4.78, 5) is 2.36. The summed E-state index contributed by atoms with van der Waals surface area (Å²) in [6, 6.07) is 20.8. The third kappa shape index (κ3) is 4.09. The Morgan fingerprint density at radius 2 is 1.73 bits per heavy atom. The first kappa shape index (κ1) is 15.1. The van der Waals surface area contributed by atoms with Gasteiger partial charge in [0.05, 0.1) is 6.10 Å². The molecule has 1 aliphatic rings. The lowest BCUT2D eigenvalue weighted by molar-refractivity contribution is 0.0982. The van der Waals surface area contributed by atoms with E-state index in [4.69, 9.17) is 0 Å². The van der Waals surface area contributed by atoms with Crippen LogP contribution in [0.3, 0.4) is 0 Å². The van der Waals surface area contributed by atoms with E-state index in [1.807, 2.05) is 36.4 Å². The van der Waals surface area contributed by atoms with Crippen molar-refractivity contribution in [2.75, 3.05) is 25.0 Å². The number of rotatable bonds is 5. The van der Waals surface area contributed by atoms with E-state index in [0.29, 0.717) is 12.6 Å². The maximum atomic E-state index is 10.4. The van der Waals surface area contributed by atoms with Crippen molar-refractivity contribution in [1.29, 1.82) is 0 Å². The molecule has 2 N–H and O–H groups in total. The number of nitrogens with zero attached hydrogens (tertiary/aromatic N) is 1. The molecule has 1 heterocycles. The lowest BCUT2D eigenvalue weighted by Gasteiger charge is -2.34. The minimum atomic E-state index is -0.406. The third-order valence-corrected chi connectivity index (χ3v) is 4.27. The highest BCUT2D eigenvalue weighted by Crippen LogP contribution is 2.19. The maximum absolute atomic E-state index is 10.4. The zero-order valence-electron chi connectivity index (χ0n) is 12.9. The van der Waals surface area contributed by atoms with Crippen LogP contribution in [0.1, 0.15) is 24.5 Å². The van der Waals surface area contributed by atoms with Gasteiger partial charge in [0.25, 0.3) is 0 Å². The number of nitrogens with one attached hydrogen (secondary N) is 1. The third-order valence-electron chi connectivity index (χ3n) is 4.27. The lowest BCUT2D eigenvalue weighted by atomic mass is 10.0. The second kappa shape index (κ2) is 7.43. The number of para-hydroxylation sites is 1. The van der Waals surface area contributed by atoms with Crippen LogP contribution in [0.2, 0.25) is 0 Å². The number of benzene rings is 2. The van der Waals surface area contributed by atoms with Gasteiger partial charge in [-0.05, 0) is 37.1 Å². The minimum Gasteiger partial charge on any atom is -0.387 e. The molecule has 2 aromatic carbocycles. The van der Waals surface area contributed by atoms with E-state index < -0.39 is 6.10 Å². The molecule has 0 aromatic heterocycles. The second-order valence-corrected chi connectivity index (χ2v) is 6.04. The quantitative estimate of drug-likeness (QED) is 0.888. The molecule has 2 aromatic rings. The van der Waals surface area contributed by atoms with Gasteiger partial charge in [-0.15, -0.1) is 0 Å². The summed E-state index contributed by atoms with van der Waals surface area (Å²) >= 11 is 0. The van der Waals surface area contributed by atoms with Crippen molar-refractivity contribution in [2.45, 2.75) is 25.0 Å². The largest absolute Gasteiger partial charge is 0.387 e. The molecular formula is C19H24N2O. The van der Waals surface area contributed by atoms with Crippen molar-refractivity contribution in [2.24, 2.45) is 0 Å². The van der Waals surface area contributed by atoms with E-state index in [2.05, 4.69) is 34.5 Å². The topological polar surface area (TPSA) is 35.5 Å². The Morgan fingerprint density at radius 1 is 1.05 bits per heavy atom. The van der Waals surface area contributed by atoms with Gasteiger partial charge in [-0.1, -0.05) is 48.5 Å². The van der Waals surface area contributed by atoms with Gasteiger partial charge in [-0.2, -0.15) is 0 Å². The smallest absolute Gasteiger partial charge is 0.0916 e. The molecule has 1 aliphatic heterocycles. The Kier molecular flexibility index (Phi) is 5.09. The summed E-state index contributed by atoms with van der Waals surface area (Å²) in [5.74, 6) is 0. The van der Waals surface area contributed by atoms with Gasteiger partial charge in [0.15, 0.2) is 0 Å². The second-order valence-electron chi connectivity index (χ2n) is 6.04. The summed E-state index contributed by atoms with van der Waals surface area (Å²) in [6.45, 7) is 2.76. The fourth-order valence-electron chi connectivity index (χ4n) is 3.13. The average Bonchev–Trinajstić information content (AvgIpc) is 2.57. The minimum absolute atomic E-state index is 0.406.